The molecule has 0 heterocycles. The third-order valence-electron chi connectivity index (χ3n) is 2.54. The fourth-order valence-corrected chi connectivity index (χ4v) is 1.98. The van der Waals surface area contributed by atoms with Crippen molar-refractivity contribution in [1.82, 2.24) is 4.31 Å². The molecule has 0 N–H and O–H groups in total. The molecule has 4 heteroatoms. The largest absolute Gasteiger partial charge is 0.239 e. The quantitative estimate of drug-likeness (QED) is 0.605. The third-order valence-corrected chi connectivity index (χ3v) is 3.56. The zero-order chi connectivity index (χ0) is 12.3. The van der Waals surface area contributed by atoms with E-state index in [4.69, 9.17) is 0 Å². The third kappa shape index (κ3) is 3.79. The zero-order valence-corrected chi connectivity index (χ0v) is 10.6. The zero-order valence-electron chi connectivity index (χ0n) is 9.76. The average molecular weight is 249 g/mol. The Kier molecular flexibility index (Phi) is 3.39. The van der Waals surface area contributed by atoms with Gasteiger partial charge < -0.3 is 0 Å². The second-order valence-electron chi connectivity index (χ2n) is 4.29. The molecule has 1 aromatic rings. The van der Waals surface area contributed by atoms with Gasteiger partial charge in [-0.25, -0.2) is 12.7 Å². The van der Waals surface area contributed by atoms with Crippen molar-refractivity contribution in [3.8, 4) is 12.0 Å². The highest BCUT2D eigenvalue weighted by molar-refractivity contribution is 7.88. The standard InChI is InChI=1S/C13H15NO2S/c1-17(15,16)14(10-9-12-7-8-12)11-13-5-3-2-4-6-13/h2-6,12H,7-8,11H2,1H3. The molecule has 1 saturated carbocycles. The maximum atomic E-state index is 11.6. The van der Waals surface area contributed by atoms with Gasteiger partial charge in [-0.15, -0.1) is 0 Å². The van der Waals surface area contributed by atoms with Gasteiger partial charge in [0.1, 0.15) is 0 Å². The topological polar surface area (TPSA) is 37.4 Å². The molecule has 0 unspecified atom stereocenters. The first-order valence-corrected chi connectivity index (χ1v) is 7.43. The van der Waals surface area contributed by atoms with E-state index in [1.165, 1.54) is 10.6 Å². The molecule has 1 fully saturated rings. The van der Waals surface area contributed by atoms with E-state index >= 15 is 0 Å². The van der Waals surface area contributed by atoms with Gasteiger partial charge in [-0.05, 0) is 18.4 Å². The molecule has 0 bridgehead atoms. The number of rotatable bonds is 3. The Labute approximate surface area is 103 Å². The van der Waals surface area contributed by atoms with Gasteiger partial charge in [-0.3, -0.25) is 0 Å². The lowest BCUT2D eigenvalue weighted by Gasteiger charge is -2.14. The van der Waals surface area contributed by atoms with Gasteiger partial charge in [0.2, 0.25) is 10.0 Å². The van der Waals surface area contributed by atoms with Crippen LogP contribution in [0, 0.1) is 17.9 Å². The highest BCUT2D eigenvalue weighted by Crippen LogP contribution is 2.27. The molecule has 17 heavy (non-hydrogen) atoms. The van der Waals surface area contributed by atoms with E-state index in [2.05, 4.69) is 12.0 Å². The molecule has 0 atom stereocenters. The first-order valence-electron chi connectivity index (χ1n) is 5.58. The van der Waals surface area contributed by atoms with Crippen LogP contribution in [0.25, 0.3) is 0 Å². The molecule has 2 rings (SSSR count). The van der Waals surface area contributed by atoms with Crippen molar-refractivity contribution in [1.29, 1.82) is 0 Å². The summed E-state index contributed by atoms with van der Waals surface area (Å²) in [6.45, 7) is 0.319. The molecule has 0 saturated heterocycles. The summed E-state index contributed by atoms with van der Waals surface area (Å²) < 4.78 is 24.4. The molecular formula is C13H15NO2S. The van der Waals surface area contributed by atoms with Gasteiger partial charge in [0.25, 0.3) is 0 Å². The average Bonchev–Trinajstić information content (AvgIpc) is 3.08. The lowest BCUT2D eigenvalue weighted by atomic mass is 10.2. The van der Waals surface area contributed by atoms with E-state index < -0.39 is 10.0 Å². The fourth-order valence-electron chi connectivity index (χ4n) is 1.38. The number of hydrogen-bond donors (Lipinski definition) is 0. The summed E-state index contributed by atoms with van der Waals surface area (Å²) >= 11 is 0. The number of hydrogen-bond acceptors (Lipinski definition) is 2. The Morgan fingerprint density at radius 1 is 1.29 bits per heavy atom. The van der Waals surface area contributed by atoms with Crippen LogP contribution >= 0.6 is 0 Å². The molecule has 3 nitrogen and oxygen atoms in total. The smallest absolute Gasteiger partial charge is 0.224 e. The highest BCUT2D eigenvalue weighted by atomic mass is 32.2. The monoisotopic (exact) mass is 249 g/mol. The molecule has 0 aliphatic heterocycles. The van der Waals surface area contributed by atoms with Gasteiger partial charge in [0, 0.05) is 12.0 Å². The van der Waals surface area contributed by atoms with Crippen LogP contribution in [-0.4, -0.2) is 19.0 Å². The predicted octanol–water partition coefficient (Wildman–Crippen LogP) is 1.82. The van der Waals surface area contributed by atoms with E-state index in [0.29, 0.717) is 12.5 Å². The van der Waals surface area contributed by atoms with Crippen LogP contribution in [-0.2, 0) is 16.6 Å². The summed E-state index contributed by atoms with van der Waals surface area (Å²) in [7, 11) is -3.27. The van der Waals surface area contributed by atoms with Crippen molar-refractivity contribution in [3.63, 3.8) is 0 Å². The summed E-state index contributed by atoms with van der Waals surface area (Å²) in [6.07, 6.45) is 3.38. The van der Waals surface area contributed by atoms with Crippen LogP contribution < -0.4 is 0 Å². The lowest BCUT2D eigenvalue weighted by molar-refractivity contribution is 0.514. The Balaban J connectivity index is 2.14. The summed E-state index contributed by atoms with van der Waals surface area (Å²) in [6, 6.07) is 12.3. The van der Waals surface area contributed by atoms with Gasteiger partial charge in [-0.1, -0.05) is 36.3 Å². The maximum absolute atomic E-state index is 11.6. The second-order valence-corrected chi connectivity index (χ2v) is 6.19. The summed E-state index contributed by atoms with van der Waals surface area (Å²) in [4.78, 5) is 0. The van der Waals surface area contributed by atoms with E-state index in [9.17, 15) is 8.42 Å². The summed E-state index contributed by atoms with van der Waals surface area (Å²) in [5.74, 6) is 3.38. The van der Waals surface area contributed by atoms with Crippen LogP contribution in [0.2, 0.25) is 0 Å². The normalized spacial score (nSPS) is 14.9. The van der Waals surface area contributed by atoms with Crippen molar-refractivity contribution in [2.24, 2.45) is 5.92 Å². The van der Waals surface area contributed by atoms with Crippen molar-refractivity contribution in [2.75, 3.05) is 6.26 Å². The van der Waals surface area contributed by atoms with Gasteiger partial charge >= 0.3 is 0 Å². The van der Waals surface area contributed by atoms with Crippen molar-refractivity contribution < 1.29 is 8.42 Å². The van der Waals surface area contributed by atoms with Crippen LogP contribution in [0.3, 0.4) is 0 Å². The lowest BCUT2D eigenvalue weighted by Crippen LogP contribution is -2.24. The molecule has 90 valence electrons. The van der Waals surface area contributed by atoms with Crippen LogP contribution in [0.5, 0.6) is 0 Å². The molecule has 0 spiro atoms. The van der Waals surface area contributed by atoms with Crippen molar-refractivity contribution in [3.05, 3.63) is 35.9 Å². The molecular weight excluding hydrogens is 234 g/mol. The molecule has 0 aromatic heterocycles. The fraction of sp³-hybridized carbons (Fsp3) is 0.385. The van der Waals surface area contributed by atoms with Crippen LogP contribution in [0.1, 0.15) is 18.4 Å². The Morgan fingerprint density at radius 3 is 2.47 bits per heavy atom. The summed E-state index contributed by atoms with van der Waals surface area (Å²) in [5.41, 5.74) is 0.947. The molecule has 0 amide bonds. The SMILES string of the molecule is CS(=O)(=O)N(C#CC1CC1)Cc1ccccc1. The minimum Gasteiger partial charge on any atom is -0.224 e. The number of benzene rings is 1. The summed E-state index contributed by atoms with van der Waals surface area (Å²) in [5, 5.41) is 0. The minimum absolute atomic E-state index is 0.319. The van der Waals surface area contributed by atoms with Crippen molar-refractivity contribution >= 4 is 10.0 Å². The van der Waals surface area contributed by atoms with E-state index in [1.54, 1.807) is 0 Å². The van der Waals surface area contributed by atoms with E-state index in [0.717, 1.165) is 18.4 Å². The van der Waals surface area contributed by atoms with Crippen LogP contribution in [0.15, 0.2) is 30.3 Å². The van der Waals surface area contributed by atoms with E-state index in [-0.39, 0.29) is 0 Å². The highest BCUT2D eigenvalue weighted by Gasteiger charge is 2.19. The Hall–Kier alpha value is -1.47. The Bertz CT molecular complexity index is 536. The van der Waals surface area contributed by atoms with Crippen molar-refractivity contribution in [2.45, 2.75) is 19.4 Å². The van der Waals surface area contributed by atoms with Gasteiger partial charge in [0.15, 0.2) is 0 Å². The van der Waals surface area contributed by atoms with E-state index in [1.807, 2.05) is 30.3 Å². The molecule has 1 aliphatic carbocycles. The number of sulfonamides is 1. The van der Waals surface area contributed by atoms with Gasteiger partial charge in [0.05, 0.1) is 12.8 Å². The molecule has 0 radical (unpaired) electrons. The van der Waals surface area contributed by atoms with Crippen LogP contribution in [0.4, 0.5) is 0 Å². The first kappa shape index (κ1) is 12.0. The second kappa shape index (κ2) is 4.80. The number of nitrogens with zero attached hydrogens (tertiary/aromatic N) is 1. The van der Waals surface area contributed by atoms with Gasteiger partial charge in [-0.2, -0.15) is 0 Å². The predicted molar refractivity (Wildman–Crippen MR) is 67.3 cm³/mol. The molecule has 1 aliphatic rings. The maximum Gasteiger partial charge on any atom is 0.239 e. The first-order chi connectivity index (χ1) is 8.05. The molecule has 1 aromatic carbocycles. The minimum atomic E-state index is -3.27. The Morgan fingerprint density at radius 2 is 1.94 bits per heavy atom.